The lowest BCUT2D eigenvalue weighted by Crippen LogP contribution is -2.44. The molecule has 1 aromatic heterocycles. The summed E-state index contributed by atoms with van der Waals surface area (Å²) in [6, 6.07) is 1.51. The van der Waals surface area contributed by atoms with Gasteiger partial charge in [0.2, 0.25) is 0 Å². The second kappa shape index (κ2) is 5.38. The van der Waals surface area contributed by atoms with E-state index in [1.165, 1.54) is 12.3 Å². The van der Waals surface area contributed by atoms with E-state index in [9.17, 15) is 8.42 Å². The van der Waals surface area contributed by atoms with Gasteiger partial charge in [-0.05, 0) is 31.4 Å². The Hall–Kier alpha value is -0.920. The maximum absolute atomic E-state index is 12.5. The first kappa shape index (κ1) is 13.5. The minimum atomic E-state index is -3.47. The Kier molecular flexibility index (Phi) is 4.04. The summed E-state index contributed by atoms with van der Waals surface area (Å²) in [6.07, 6.45) is 4.40. The van der Waals surface area contributed by atoms with Crippen LogP contribution in [-0.2, 0) is 10.0 Å². The van der Waals surface area contributed by atoms with E-state index < -0.39 is 10.0 Å². The maximum Gasteiger partial charge on any atom is 0.260 e. The van der Waals surface area contributed by atoms with Crippen LogP contribution in [0.15, 0.2) is 17.3 Å². The van der Waals surface area contributed by atoms with Crippen molar-refractivity contribution in [2.24, 2.45) is 11.7 Å². The van der Waals surface area contributed by atoms with Crippen molar-refractivity contribution in [3.05, 3.63) is 12.3 Å². The van der Waals surface area contributed by atoms with Gasteiger partial charge in [-0.2, -0.15) is 9.40 Å². The summed E-state index contributed by atoms with van der Waals surface area (Å²) in [7, 11) is -3.47. The molecule has 0 bridgehead atoms. The zero-order valence-corrected chi connectivity index (χ0v) is 11.4. The first-order chi connectivity index (χ1) is 8.61. The van der Waals surface area contributed by atoms with Crippen molar-refractivity contribution in [2.75, 3.05) is 13.1 Å². The van der Waals surface area contributed by atoms with Crippen LogP contribution in [0.3, 0.4) is 0 Å². The number of hydrogen-bond acceptors (Lipinski definition) is 4. The average Bonchev–Trinajstić information content (AvgIpc) is 3.00. The first-order valence-corrected chi connectivity index (χ1v) is 7.76. The largest absolute Gasteiger partial charge is 0.330 e. The monoisotopic (exact) mass is 272 g/mol. The van der Waals surface area contributed by atoms with Crippen molar-refractivity contribution >= 4 is 10.0 Å². The highest BCUT2D eigenvalue weighted by Crippen LogP contribution is 2.32. The van der Waals surface area contributed by atoms with Crippen molar-refractivity contribution in [3.8, 4) is 0 Å². The van der Waals surface area contributed by atoms with Crippen LogP contribution in [0, 0.1) is 5.92 Å². The molecule has 102 valence electrons. The Balaban J connectivity index is 2.29. The summed E-state index contributed by atoms with van der Waals surface area (Å²) >= 11 is 0. The molecule has 2 rings (SSSR count). The molecule has 6 nitrogen and oxygen atoms in total. The summed E-state index contributed by atoms with van der Waals surface area (Å²) in [6.45, 7) is 2.86. The molecule has 1 aromatic rings. The van der Waals surface area contributed by atoms with Crippen molar-refractivity contribution < 1.29 is 8.42 Å². The molecule has 0 spiro atoms. The number of nitrogens with zero attached hydrogens (tertiary/aromatic N) is 2. The highest BCUT2D eigenvalue weighted by molar-refractivity contribution is 7.89. The van der Waals surface area contributed by atoms with Crippen molar-refractivity contribution in [1.29, 1.82) is 0 Å². The molecule has 0 aliphatic heterocycles. The van der Waals surface area contributed by atoms with Gasteiger partial charge >= 0.3 is 0 Å². The van der Waals surface area contributed by atoms with E-state index >= 15 is 0 Å². The normalized spacial score (nSPS) is 24.8. The molecule has 3 N–H and O–H groups in total. The molecule has 1 aliphatic carbocycles. The fourth-order valence-corrected chi connectivity index (χ4v) is 4.39. The van der Waals surface area contributed by atoms with Crippen LogP contribution >= 0.6 is 0 Å². The molecule has 2 unspecified atom stereocenters. The highest BCUT2D eigenvalue weighted by atomic mass is 32.2. The number of rotatable bonds is 5. The van der Waals surface area contributed by atoms with E-state index in [0.29, 0.717) is 13.1 Å². The summed E-state index contributed by atoms with van der Waals surface area (Å²) in [4.78, 5) is 0. The van der Waals surface area contributed by atoms with Crippen LogP contribution < -0.4 is 5.73 Å². The van der Waals surface area contributed by atoms with Crippen LogP contribution in [0.2, 0.25) is 0 Å². The number of hydrogen-bond donors (Lipinski definition) is 2. The van der Waals surface area contributed by atoms with E-state index in [1.807, 2.05) is 6.92 Å². The molecule has 18 heavy (non-hydrogen) atoms. The lowest BCUT2D eigenvalue weighted by Gasteiger charge is -2.30. The molecule has 0 aromatic carbocycles. The van der Waals surface area contributed by atoms with Gasteiger partial charge in [0, 0.05) is 12.6 Å². The SMILES string of the molecule is CCN(C1CCCC1CN)S(=O)(=O)c1ccn[nH]1. The first-order valence-electron chi connectivity index (χ1n) is 6.32. The van der Waals surface area contributed by atoms with Gasteiger partial charge in [0.25, 0.3) is 10.0 Å². The minimum absolute atomic E-state index is 0.0216. The Morgan fingerprint density at radius 1 is 1.56 bits per heavy atom. The van der Waals surface area contributed by atoms with E-state index in [4.69, 9.17) is 5.73 Å². The highest BCUT2D eigenvalue weighted by Gasteiger charge is 2.37. The minimum Gasteiger partial charge on any atom is -0.330 e. The third-order valence-corrected chi connectivity index (χ3v) is 5.59. The van der Waals surface area contributed by atoms with E-state index in [2.05, 4.69) is 10.2 Å². The van der Waals surface area contributed by atoms with E-state index in [-0.39, 0.29) is 17.0 Å². The van der Waals surface area contributed by atoms with Crippen LogP contribution in [0.25, 0.3) is 0 Å². The predicted molar refractivity (Wildman–Crippen MR) is 68.3 cm³/mol. The summed E-state index contributed by atoms with van der Waals surface area (Å²) in [5.41, 5.74) is 5.74. The second-order valence-corrected chi connectivity index (χ2v) is 6.48. The molecule has 2 atom stereocenters. The zero-order chi connectivity index (χ0) is 13.2. The molecular weight excluding hydrogens is 252 g/mol. The standard InChI is InChI=1S/C11H20N4O2S/c1-2-15(10-5-3-4-9(10)8-12)18(16,17)11-6-7-13-14-11/h6-7,9-10H,2-5,8,12H2,1H3,(H,13,14). The van der Waals surface area contributed by atoms with Crippen LogP contribution in [0.4, 0.5) is 0 Å². The van der Waals surface area contributed by atoms with Crippen molar-refractivity contribution in [2.45, 2.75) is 37.3 Å². The molecular formula is C11H20N4O2S. The number of sulfonamides is 1. The second-order valence-electron chi connectivity index (χ2n) is 4.62. The number of nitrogens with two attached hydrogens (primary N) is 1. The quantitative estimate of drug-likeness (QED) is 0.818. The molecule has 0 saturated heterocycles. The fraction of sp³-hybridized carbons (Fsp3) is 0.727. The number of H-pyrrole nitrogens is 1. The van der Waals surface area contributed by atoms with Crippen molar-refractivity contribution in [1.82, 2.24) is 14.5 Å². The number of aromatic amines is 1. The third kappa shape index (κ3) is 2.30. The molecule has 0 radical (unpaired) electrons. The van der Waals surface area contributed by atoms with E-state index in [0.717, 1.165) is 19.3 Å². The van der Waals surface area contributed by atoms with Crippen LogP contribution in [0.5, 0.6) is 0 Å². The molecule has 7 heteroatoms. The van der Waals surface area contributed by atoms with Crippen LogP contribution in [-0.4, -0.2) is 42.1 Å². The number of nitrogens with one attached hydrogen (secondary N) is 1. The Morgan fingerprint density at radius 2 is 2.33 bits per heavy atom. The van der Waals surface area contributed by atoms with Gasteiger partial charge in [0.05, 0.1) is 6.20 Å². The molecule has 1 heterocycles. The Bertz CT molecular complexity index is 471. The van der Waals surface area contributed by atoms with Gasteiger partial charge in [-0.3, -0.25) is 5.10 Å². The van der Waals surface area contributed by atoms with Gasteiger partial charge in [0.1, 0.15) is 0 Å². The lowest BCUT2D eigenvalue weighted by molar-refractivity contribution is 0.275. The van der Waals surface area contributed by atoms with Gasteiger partial charge in [-0.25, -0.2) is 8.42 Å². The van der Waals surface area contributed by atoms with Gasteiger partial charge in [0.15, 0.2) is 5.03 Å². The Morgan fingerprint density at radius 3 is 2.89 bits per heavy atom. The smallest absolute Gasteiger partial charge is 0.260 e. The Labute approximate surface area is 108 Å². The maximum atomic E-state index is 12.5. The molecule has 0 amide bonds. The fourth-order valence-electron chi connectivity index (χ4n) is 2.77. The summed E-state index contributed by atoms with van der Waals surface area (Å²) in [5, 5.41) is 6.41. The van der Waals surface area contributed by atoms with Gasteiger partial charge in [-0.1, -0.05) is 13.3 Å². The molecule has 1 saturated carbocycles. The summed E-state index contributed by atoms with van der Waals surface area (Å²) < 4.78 is 26.5. The van der Waals surface area contributed by atoms with Crippen molar-refractivity contribution in [3.63, 3.8) is 0 Å². The average molecular weight is 272 g/mol. The predicted octanol–water partition coefficient (Wildman–Crippen LogP) is 0.548. The third-order valence-electron chi connectivity index (χ3n) is 3.67. The zero-order valence-electron chi connectivity index (χ0n) is 10.5. The topological polar surface area (TPSA) is 92.1 Å². The van der Waals surface area contributed by atoms with Crippen LogP contribution in [0.1, 0.15) is 26.2 Å². The lowest BCUT2D eigenvalue weighted by atomic mass is 10.0. The van der Waals surface area contributed by atoms with E-state index in [1.54, 1.807) is 4.31 Å². The number of aromatic nitrogens is 2. The molecule has 1 aliphatic rings. The summed E-state index contributed by atoms with van der Waals surface area (Å²) in [5.74, 6) is 0.266. The van der Waals surface area contributed by atoms with Gasteiger partial charge < -0.3 is 5.73 Å². The molecule has 1 fully saturated rings. The van der Waals surface area contributed by atoms with Gasteiger partial charge in [-0.15, -0.1) is 0 Å².